The van der Waals surface area contributed by atoms with Gasteiger partial charge >= 0.3 is 18.1 Å². The molecule has 320 valence electrons. The Labute approximate surface area is 357 Å². The quantitative estimate of drug-likeness (QED) is 0.0809. The van der Waals surface area contributed by atoms with Crippen LogP contribution >= 0.6 is 0 Å². The normalized spacial score (nSPS) is 18.1. The standard InChI is InChI=1S/C51H64N2O7/c1-37(39-23-27-41(28-24-39)45(35-52(3)4)50(31-15-9-16-32-50)59-47(54)43-19-11-7-12-20-43)57-49(56)58-38(2)40-25-29-42(30-26-40)46(36-53(5)6)51(33-17-10-18-34-51)60-48(55)44-21-13-8-14-22-44/h7-8,11-14,19-30,37-38,45-46H,9-10,15-18,31-36H2,1-6H3. The van der Waals surface area contributed by atoms with E-state index in [0.717, 1.165) is 99.6 Å². The summed E-state index contributed by atoms with van der Waals surface area (Å²) in [6.07, 6.45) is 7.63. The number of hydrogen-bond donors (Lipinski definition) is 0. The van der Waals surface area contributed by atoms with Crippen molar-refractivity contribution in [2.45, 2.75) is 113 Å². The molecule has 0 aromatic heterocycles. The summed E-state index contributed by atoms with van der Waals surface area (Å²) in [5.41, 5.74) is 3.71. The topological polar surface area (TPSA) is 94.6 Å². The maximum absolute atomic E-state index is 13.5. The van der Waals surface area contributed by atoms with Gasteiger partial charge in [0.05, 0.1) is 11.1 Å². The van der Waals surface area contributed by atoms with Crippen LogP contribution in [0, 0.1) is 0 Å². The van der Waals surface area contributed by atoms with Crippen molar-refractivity contribution in [1.29, 1.82) is 0 Å². The zero-order valence-corrected chi connectivity index (χ0v) is 36.4. The molecule has 2 aliphatic rings. The number of rotatable bonds is 16. The predicted octanol–water partition coefficient (Wildman–Crippen LogP) is 11.1. The summed E-state index contributed by atoms with van der Waals surface area (Å²) < 4.78 is 24.6. The molecule has 0 spiro atoms. The maximum atomic E-state index is 13.5. The first-order valence-electron chi connectivity index (χ1n) is 21.8. The SMILES string of the molecule is CC(OC(=O)OC(C)c1ccc(C(CN(C)C)C2(OC(=O)c3ccccc3)CCCCC2)cc1)c1ccc(C(CN(C)C)C2(OC(=O)c3ccccc3)CCCCC2)cc1. The molecule has 0 saturated heterocycles. The summed E-state index contributed by atoms with van der Waals surface area (Å²) in [5, 5.41) is 0. The highest BCUT2D eigenvalue weighted by Gasteiger charge is 2.46. The summed E-state index contributed by atoms with van der Waals surface area (Å²) in [6.45, 7) is 5.12. The highest BCUT2D eigenvalue weighted by atomic mass is 16.7. The van der Waals surface area contributed by atoms with Gasteiger partial charge in [0.15, 0.2) is 0 Å². The second-order valence-electron chi connectivity index (χ2n) is 17.5. The van der Waals surface area contributed by atoms with Crippen LogP contribution in [0.3, 0.4) is 0 Å². The summed E-state index contributed by atoms with van der Waals surface area (Å²) in [4.78, 5) is 44.4. The Morgan fingerprint density at radius 3 is 1.12 bits per heavy atom. The fraction of sp³-hybridized carbons (Fsp3) is 0.471. The Morgan fingerprint density at radius 2 is 0.800 bits per heavy atom. The van der Waals surface area contributed by atoms with Crippen LogP contribution in [-0.2, 0) is 18.9 Å². The Balaban J connectivity index is 1.11. The minimum absolute atomic E-state index is 0.0430. The molecule has 2 saturated carbocycles. The third-order valence-electron chi connectivity index (χ3n) is 12.5. The van der Waals surface area contributed by atoms with Gasteiger partial charge in [-0.25, -0.2) is 14.4 Å². The molecule has 60 heavy (non-hydrogen) atoms. The van der Waals surface area contributed by atoms with Crippen LogP contribution in [0.5, 0.6) is 0 Å². The van der Waals surface area contributed by atoms with Gasteiger partial charge < -0.3 is 28.7 Å². The fourth-order valence-electron chi connectivity index (χ4n) is 9.31. The number of hydrogen-bond acceptors (Lipinski definition) is 9. The van der Waals surface area contributed by atoms with E-state index in [1.54, 1.807) is 24.3 Å². The van der Waals surface area contributed by atoms with Crippen molar-refractivity contribution >= 4 is 18.1 Å². The molecular formula is C51H64N2O7. The second kappa shape index (κ2) is 20.5. The van der Waals surface area contributed by atoms with Crippen molar-refractivity contribution in [1.82, 2.24) is 9.80 Å². The van der Waals surface area contributed by atoms with Crippen LogP contribution in [0.1, 0.15) is 145 Å². The molecule has 0 radical (unpaired) electrons. The van der Waals surface area contributed by atoms with Crippen molar-refractivity contribution in [3.8, 4) is 0 Å². The fourth-order valence-corrected chi connectivity index (χ4v) is 9.31. The number of carbonyl (C=O) groups is 3. The number of nitrogens with zero attached hydrogens (tertiary/aromatic N) is 2. The molecule has 0 heterocycles. The Hall–Kier alpha value is -4.99. The Bertz CT molecular complexity index is 1830. The molecule has 4 aromatic rings. The number of esters is 2. The van der Waals surface area contributed by atoms with Crippen LogP contribution in [0.15, 0.2) is 109 Å². The van der Waals surface area contributed by atoms with E-state index >= 15 is 0 Å². The molecule has 2 fully saturated rings. The van der Waals surface area contributed by atoms with Gasteiger partial charge in [-0.15, -0.1) is 0 Å². The lowest BCUT2D eigenvalue weighted by atomic mass is 9.72. The zero-order chi connectivity index (χ0) is 42.7. The molecule has 4 aromatic carbocycles. The van der Waals surface area contributed by atoms with Crippen LogP contribution in [0.2, 0.25) is 0 Å². The van der Waals surface area contributed by atoms with Gasteiger partial charge in [0.2, 0.25) is 0 Å². The van der Waals surface area contributed by atoms with Crippen LogP contribution in [0.4, 0.5) is 4.79 Å². The van der Waals surface area contributed by atoms with E-state index in [1.165, 1.54) is 0 Å². The first kappa shape index (κ1) is 44.6. The minimum Gasteiger partial charge on any atom is -0.455 e. The molecule has 2 aliphatic carbocycles. The molecule has 9 heteroatoms. The maximum Gasteiger partial charge on any atom is 0.509 e. The summed E-state index contributed by atoms with van der Waals surface area (Å²) in [7, 11) is 8.20. The Kier molecular flexibility index (Phi) is 15.2. The lowest BCUT2D eigenvalue weighted by Gasteiger charge is -2.44. The van der Waals surface area contributed by atoms with E-state index in [4.69, 9.17) is 18.9 Å². The lowest BCUT2D eigenvalue weighted by molar-refractivity contribution is -0.0581. The second-order valence-corrected chi connectivity index (χ2v) is 17.5. The number of ether oxygens (including phenoxy) is 4. The summed E-state index contributed by atoms with van der Waals surface area (Å²) in [5.74, 6) is -0.657. The van der Waals surface area contributed by atoms with Crippen molar-refractivity contribution in [2.24, 2.45) is 0 Å². The average Bonchev–Trinajstić information content (AvgIpc) is 3.26. The van der Waals surface area contributed by atoms with Crippen molar-refractivity contribution < 1.29 is 33.3 Å². The Morgan fingerprint density at radius 1 is 0.483 bits per heavy atom. The third kappa shape index (κ3) is 11.2. The molecule has 0 N–H and O–H groups in total. The van der Waals surface area contributed by atoms with E-state index < -0.39 is 29.6 Å². The molecule has 0 bridgehead atoms. The molecule has 4 atom stereocenters. The van der Waals surface area contributed by atoms with Gasteiger partial charge in [0.1, 0.15) is 23.4 Å². The number of likely N-dealkylation sites (N-methyl/N-ethyl adjacent to an activating group) is 2. The van der Waals surface area contributed by atoms with Crippen LogP contribution in [-0.4, -0.2) is 80.4 Å². The highest BCUT2D eigenvalue weighted by molar-refractivity contribution is 5.90. The first-order valence-corrected chi connectivity index (χ1v) is 21.8. The molecule has 9 nitrogen and oxygen atoms in total. The van der Waals surface area contributed by atoms with Gasteiger partial charge in [0.25, 0.3) is 0 Å². The molecule has 6 rings (SSSR count). The van der Waals surface area contributed by atoms with Crippen LogP contribution < -0.4 is 0 Å². The van der Waals surface area contributed by atoms with E-state index in [2.05, 4.69) is 62.3 Å². The number of carbonyl (C=O) groups excluding carboxylic acids is 3. The van der Waals surface area contributed by atoms with Gasteiger partial charge in [-0.1, -0.05) is 97.8 Å². The van der Waals surface area contributed by atoms with Gasteiger partial charge in [-0.2, -0.15) is 0 Å². The molecule has 4 unspecified atom stereocenters. The first-order chi connectivity index (χ1) is 28.9. The third-order valence-corrected chi connectivity index (χ3v) is 12.5. The average molecular weight is 817 g/mol. The van der Waals surface area contributed by atoms with Gasteiger partial charge in [0, 0.05) is 24.9 Å². The number of benzene rings is 4. The molecule has 0 aliphatic heterocycles. The summed E-state index contributed by atoms with van der Waals surface area (Å²) >= 11 is 0. The van der Waals surface area contributed by atoms with E-state index in [0.29, 0.717) is 11.1 Å². The zero-order valence-electron chi connectivity index (χ0n) is 36.4. The highest BCUT2D eigenvalue weighted by Crippen LogP contribution is 2.46. The van der Waals surface area contributed by atoms with Crippen molar-refractivity contribution in [3.63, 3.8) is 0 Å². The van der Waals surface area contributed by atoms with Crippen molar-refractivity contribution in [3.05, 3.63) is 143 Å². The lowest BCUT2D eigenvalue weighted by Crippen LogP contribution is -2.46. The van der Waals surface area contributed by atoms with Crippen molar-refractivity contribution in [2.75, 3.05) is 41.3 Å². The van der Waals surface area contributed by atoms with E-state index in [-0.39, 0.29) is 23.8 Å². The minimum atomic E-state index is -0.748. The smallest absolute Gasteiger partial charge is 0.455 e. The predicted molar refractivity (Wildman–Crippen MR) is 235 cm³/mol. The monoisotopic (exact) mass is 816 g/mol. The van der Waals surface area contributed by atoms with E-state index in [1.807, 2.05) is 74.5 Å². The van der Waals surface area contributed by atoms with Gasteiger partial charge in [-0.05, 0) is 140 Å². The van der Waals surface area contributed by atoms with Gasteiger partial charge in [-0.3, -0.25) is 0 Å². The largest absolute Gasteiger partial charge is 0.509 e. The molecule has 0 amide bonds. The van der Waals surface area contributed by atoms with Crippen LogP contribution in [0.25, 0.3) is 0 Å². The van der Waals surface area contributed by atoms with E-state index in [9.17, 15) is 14.4 Å². The summed E-state index contributed by atoms with van der Waals surface area (Å²) in [6, 6.07) is 34.8. The molecular weight excluding hydrogens is 753 g/mol.